The lowest BCUT2D eigenvalue weighted by Crippen LogP contribution is -2.43. The summed E-state index contributed by atoms with van der Waals surface area (Å²) in [6, 6.07) is 8.99. The van der Waals surface area contributed by atoms with E-state index < -0.39 is 0 Å². The monoisotopic (exact) mass is 292 g/mol. The molecule has 1 rings (SSSR count). The average Bonchev–Trinajstić information content (AvgIpc) is 2.46. The summed E-state index contributed by atoms with van der Waals surface area (Å²) in [6.45, 7) is 8.96. The van der Waals surface area contributed by atoms with E-state index in [9.17, 15) is 0 Å². The Labute approximate surface area is 130 Å². The quantitative estimate of drug-likeness (QED) is 0.791. The Morgan fingerprint density at radius 3 is 2.33 bits per heavy atom. The summed E-state index contributed by atoms with van der Waals surface area (Å²) in [5.41, 5.74) is 7.63. The maximum absolute atomic E-state index is 6.45. The van der Waals surface area contributed by atoms with Crippen LogP contribution in [-0.4, -0.2) is 31.1 Å². The van der Waals surface area contributed by atoms with Gasteiger partial charge in [0.25, 0.3) is 0 Å². The van der Waals surface area contributed by atoms with Gasteiger partial charge in [0.05, 0.1) is 13.2 Å². The van der Waals surface area contributed by atoms with Crippen molar-refractivity contribution < 1.29 is 4.74 Å². The summed E-state index contributed by atoms with van der Waals surface area (Å²) in [6.07, 6.45) is 2.11. The van der Waals surface area contributed by atoms with Crippen molar-refractivity contribution in [3.8, 4) is 5.75 Å². The maximum atomic E-state index is 6.45. The van der Waals surface area contributed by atoms with E-state index in [1.165, 1.54) is 12.0 Å². The molecule has 21 heavy (non-hydrogen) atoms. The fourth-order valence-corrected chi connectivity index (χ4v) is 3.01. The zero-order chi connectivity index (χ0) is 16.0. The zero-order valence-corrected chi connectivity index (χ0v) is 14.5. The number of hydrogen-bond acceptors (Lipinski definition) is 3. The normalized spacial score (nSPS) is 16.0. The van der Waals surface area contributed by atoms with Crippen molar-refractivity contribution in [3.63, 3.8) is 0 Å². The van der Waals surface area contributed by atoms with Crippen LogP contribution in [0.15, 0.2) is 24.3 Å². The summed E-state index contributed by atoms with van der Waals surface area (Å²) in [5.74, 6) is 1.61. The van der Waals surface area contributed by atoms with Gasteiger partial charge in [-0.2, -0.15) is 0 Å². The summed E-state index contributed by atoms with van der Waals surface area (Å²) in [4.78, 5) is 2.41. The van der Waals surface area contributed by atoms with Crippen molar-refractivity contribution in [2.24, 2.45) is 11.7 Å². The second kappa shape index (κ2) is 8.40. The van der Waals surface area contributed by atoms with E-state index in [1.54, 1.807) is 7.11 Å². The van der Waals surface area contributed by atoms with Crippen molar-refractivity contribution in [2.45, 2.75) is 58.7 Å². The fraction of sp³-hybridized carbons (Fsp3) is 0.667. The van der Waals surface area contributed by atoms with E-state index in [-0.39, 0.29) is 12.1 Å². The van der Waals surface area contributed by atoms with Crippen molar-refractivity contribution >= 4 is 0 Å². The highest BCUT2D eigenvalue weighted by Gasteiger charge is 2.28. The van der Waals surface area contributed by atoms with Crippen LogP contribution < -0.4 is 10.5 Å². The molecule has 0 aromatic heterocycles. The third-order valence-electron chi connectivity index (χ3n) is 4.28. The molecule has 0 saturated heterocycles. The molecular formula is C18H32N2O. The van der Waals surface area contributed by atoms with Crippen LogP contribution in [0.5, 0.6) is 5.75 Å². The molecule has 0 aliphatic rings. The Morgan fingerprint density at radius 1 is 1.19 bits per heavy atom. The lowest BCUT2D eigenvalue weighted by atomic mass is 9.93. The SMILES string of the molecule is CCC(N)C(c1ccccc1OC)N(C)C(C)CC(C)C. The summed E-state index contributed by atoms with van der Waals surface area (Å²) in [7, 11) is 3.91. The Morgan fingerprint density at radius 2 is 1.81 bits per heavy atom. The highest BCUT2D eigenvalue weighted by atomic mass is 16.5. The molecule has 0 aliphatic carbocycles. The summed E-state index contributed by atoms with van der Waals surface area (Å²) < 4.78 is 5.55. The predicted molar refractivity (Wildman–Crippen MR) is 90.7 cm³/mol. The topological polar surface area (TPSA) is 38.5 Å². The van der Waals surface area contributed by atoms with Gasteiger partial charge < -0.3 is 10.5 Å². The smallest absolute Gasteiger partial charge is 0.123 e. The fourth-order valence-electron chi connectivity index (χ4n) is 3.01. The lowest BCUT2D eigenvalue weighted by Gasteiger charge is -2.38. The van der Waals surface area contributed by atoms with Gasteiger partial charge in [-0.25, -0.2) is 0 Å². The Balaban J connectivity index is 3.11. The molecule has 0 bridgehead atoms. The Kier molecular flexibility index (Phi) is 7.20. The molecule has 2 N–H and O–H groups in total. The van der Waals surface area contributed by atoms with E-state index in [2.05, 4.69) is 51.8 Å². The Bertz CT molecular complexity index is 419. The molecule has 120 valence electrons. The molecule has 0 radical (unpaired) electrons. The van der Waals surface area contributed by atoms with E-state index in [4.69, 9.17) is 10.5 Å². The number of hydrogen-bond donors (Lipinski definition) is 1. The highest BCUT2D eigenvalue weighted by molar-refractivity contribution is 5.36. The van der Waals surface area contributed by atoms with E-state index >= 15 is 0 Å². The molecule has 3 heteroatoms. The van der Waals surface area contributed by atoms with Gasteiger partial charge in [0, 0.05) is 17.6 Å². The third-order valence-corrected chi connectivity index (χ3v) is 4.28. The van der Waals surface area contributed by atoms with Gasteiger partial charge in [0.2, 0.25) is 0 Å². The van der Waals surface area contributed by atoms with E-state index in [0.29, 0.717) is 12.0 Å². The molecular weight excluding hydrogens is 260 g/mol. The number of ether oxygens (including phenoxy) is 1. The third kappa shape index (κ3) is 4.72. The molecule has 0 heterocycles. The van der Waals surface area contributed by atoms with Crippen LogP contribution >= 0.6 is 0 Å². The molecule has 0 amide bonds. The second-order valence-corrected chi connectivity index (χ2v) is 6.40. The summed E-state index contributed by atoms with van der Waals surface area (Å²) >= 11 is 0. The van der Waals surface area contributed by atoms with E-state index in [0.717, 1.165) is 12.2 Å². The first-order valence-corrected chi connectivity index (χ1v) is 8.02. The highest BCUT2D eigenvalue weighted by Crippen LogP contribution is 2.33. The lowest BCUT2D eigenvalue weighted by molar-refractivity contribution is 0.139. The van der Waals surface area contributed by atoms with Crippen LogP contribution in [0, 0.1) is 5.92 Å². The largest absolute Gasteiger partial charge is 0.496 e. The van der Waals surface area contributed by atoms with Crippen molar-refractivity contribution in [1.29, 1.82) is 0 Å². The van der Waals surface area contributed by atoms with Crippen molar-refractivity contribution in [2.75, 3.05) is 14.2 Å². The van der Waals surface area contributed by atoms with Gasteiger partial charge >= 0.3 is 0 Å². The van der Waals surface area contributed by atoms with Gasteiger partial charge in [-0.3, -0.25) is 4.90 Å². The minimum Gasteiger partial charge on any atom is -0.496 e. The maximum Gasteiger partial charge on any atom is 0.123 e. The molecule has 3 unspecified atom stereocenters. The first-order valence-electron chi connectivity index (χ1n) is 8.02. The molecule has 1 aromatic carbocycles. The predicted octanol–water partition coefficient (Wildman–Crippen LogP) is 3.84. The number of benzene rings is 1. The number of nitrogens with two attached hydrogens (primary N) is 1. The van der Waals surface area contributed by atoms with Gasteiger partial charge in [-0.15, -0.1) is 0 Å². The van der Waals surface area contributed by atoms with Crippen LogP contribution in [0.2, 0.25) is 0 Å². The molecule has 0 aliphatic heterocycles. The van der Waals surface area contributed by atoms with Crippen LogP contribution in [0.4, 0.5) is 0 Å². The van der Waals surface area contributed by atoms with E-state index in [1.807, 2.05) is 12.1 Å². The molecule has 0 spiro atoms. The molecule has 3 nitrogen and oxygen atoms in total. The van der Waals surface area contributed by atoms with Gasteiger partial charge in [0.15, 0.2) is 0 Å². The first kappa shape index (κ1) is 18.0. The van der Waals surface area contributed by atoms with Crippen LogP contribution in [0.3, 0.4) is 0 Å². The molecule has 0 fully saturated rings. The van der Waals surface area contributed by atoms with Gasteiger partial charge in [0.1, 0.15) is 5.75 Å². The minimum atomic E-state index is 0.0981. The first-order chi connectivity index (χ1) is 9.92. The van der Waals surface area contributed by atoms with Crippen LogP contribution in [-0.2, 0) is 0 Å². The van der Waals surface area contributed by atoms with Gasteiger partial charge in [-0.1, -0.05) is 39.0 Å². The minimum absolute atomic E-state index is 0.0981. The standard InChI is InChI=1S/C18H32N2O/c1-7-16(19)18(20(5)14(4)12-13(2)3)15-10-8-9-11-17(15)21-6/h8-11,13-14,16,18H,7,12,19H2,1-6H3. The second-order valence-electron chi connectivity index (χ2n) is 6.40. The summed E-state index contributed by atoms with van der Waals surface area (Å²) in [5, 5.41) is 0. The van der Waals surface area contributed by atoms with Crippen molar-refractivity contribution in [1.82, 2.24) is 4.90 Å². The van der Waals surface area contributed by atoms with Crippen LogP contribution in [0.25, 0.3) is 0 Å². The molecule has 0 saturated carbocycles. The molecule has 3 atom stereocenters. The van der Waals surface area contributed by atoms with Gasteiger partial charge in [-0.05, 0) is 38.8 Å². The number of rotatable bonds is 8. The number of likely N-dealkylation sites (N-methyl/N-ethyl adjacent to an activating group) is 1. The van der Waals surface area contributed by atoms with Crippen LogP contribution in [0.1, 0.15) is 52.1 Å². The number of nitrogens with zero attached hydrogens (tertiary/aromatic N) is 1. The number of methoxy groups -OCH3 is 1. The van der Waals surface area contributed by atoms with Crippen molar-refractivity contribution in [3.05, 3.63) is 29.8 Å². The molecule has 1 aromatic rings. The zero-order valence-electron chi connectivity index (χ0n) is 14.5. The average molecular weight is 292 g/mol. The number of para-hydroxylation sites is 1. The Hall–Kier alpha value is -1.06.